The van der Waals surface area contributed by atoms with Crippen molar-refractivity contribution in [1.29, 1.82) is 5.26 Å². The number of aromatic nitrogens is 1. The van der Waals surface area contributed by atoms with Crippen LogP contribution in [0.1, 0.15) is 34.8 Å². The molecule has 0 spiro atoms. The molecule has 2 aromatic carbocycles. The topological polar surface area (TPSA) is 78.2 Å². The maximum absolute atomic E-state index is 12.2. The number of nitrogens with zero attached hydrogens (tertiary/aromatic N) is 3. The molecule has 3 aromatic rings. The van der Waals surface area contributed by atoms with E-state index in [0.29, 0.717) is 22.8 Å². The molecule has 0 saturated carbocycles. The lowest BCUT2D eigenvalue weighted by Crippen LogP contribution is -2.27. The number of likely N-dealkylation sites (N-methyl/N-ethyl adjacent to an activating group) is 1. The van der Waals surface area contributed by atoms with Gasteiger partial charge in [-0.05, 0) is 44.3 Å². The van der Waals surface area contributed by atoms with Gasteiger partial charge in [-0.3, -0.25) is 0 Å². The van der Waals surface area contributed by atoms with E-state index in [9.17, 15) is 10.1 Å². The molecule has 0 fully saturated rings. The summed E-state index contributed by atoms with van der Waals surface area (Å²) in [6.45, 7) is 9.17. The van der Waals surface area contributed by atoms with Crippen LogP contribution in [-0.4, -0.2) is 42.1 Å². The summed E-state index contributed by atoms with van der Waals surface area (Å²) < 4.78 is 5.36. The summed E-state index contributed by atoms with van der Waals surface area (Å²) in [6, 6.07) is 17.3. The lowest BCUT2D eigenvalue weighted by molar-refractivity contribution is 0.0466. The summed E-state index contributed by atoms with van der Waals surface area (Å²) in [4.78, 5) is 19.0. The smallest absolute Gasteiger partial charge is 0.338 e. The normalized spacial score (nSPS) is 11.3. The number of rotatable bonds is 10. The fraction of sp³-hybridized carbons (Fsp3) is 0.269. The Balaban J connectivity index is 1.60. The van der Waals surface area contributed by atoms with Crippen LogP contribution in [0.3, 0.4) is 0 Å². The highest BCUT2D eigenvalue weighted by atomic mass is 32.1. The third-order valence-electron chi connectivity index (χ3n) is 5.24. The van der Waals surface area contributed by atoms with Gasteiger partial charge >= 0.3 is 5.97 Å². The van der Waals surface area contributed by atoms with Crippen LogP contribution in [0.5, 0.6) is 0 Å². The van der Waals surface area contributed by atoms with E-state index in [1.807, 2.05) is 36.6 Å². The first-order valence-corrected chi connectivity index (χ1v) is 11.8. The molecule has 1 heterocycles. The van der Waals surface area contributed by atoms with Crippen molar-refractivity contribution >= 4 is 28.6 Å². The number of aryl methyl sites for hydroxylation is 1. The summed E-state index contributed by atoms with van der Waals surface area (Å²) in [5.74, 6) is -0.339. The summed E-state index contributed by atoms with van der Waals surface area (Å²) in [5.41, 5.74) is 4.76. The van der Waals surface area contributed by atoms with Crippen molar-refractivity contribution in [2.45, 2.75) is 20.8 Å². The quantitative estimate of drug-likeness (QED) is 0.314. The fourth-order valence-corrected chi connectivity index (χ4v) is 3.94. The zero-order valence-corrected chi connectivity index (χ0v) is 20.0. The molecule has 33 heavy (non-hydrogen) atoms. The van der Waals surface area contributed by atoms with E-state index in [0.717, 1.165) is 36.6 Å². The van der Waals surface area contributed by atoms with E-state index < -0.39 is 0 Å². The lowest BCUT2D eigenvalue weighted by atomic mass is 10.1. The van der Waals surface area contributed by atoms with Crippen molar-refractivity contribution in [2.24, 2.45) is 0 Å². The van der Waals surface area contributed by atoms with E-state index >= 15 is 0 Å². The molecule has 1 aromatic heterocycles. The Hall–Kier alpha value is -3.47. The zero-order valence-electron chi connectivity index (χ0n) is 19.2. The standard InChI is InChI=1S/C26H28N4O2S/c1-4-30(5-2)14-15-32-26(31)21-10-12-23(13-11-21)28-17-22(16-27)25-29-24(18-33-25)20-8-6-19(3)7-9-20/h6-13,17-18,28H,4-5,14-15H2,1-3H3/b22-17-. The van der Waals surface area contributed by atoms with Crippen LogP contribution in [0, 0.1) is 18.3 Å². The number of nitrogens with one attached hydrogen (secondary N) is 1. The number of carbonyl (C=O) groups excluding carboxylic acids is 1. The highest BCUT2D eigenvalue weighted by Gasteiger charge is 2.10. The van der Waals surface area contributed by atoms with E-state index in [4.69, 9.17) is 4.74 Å². The maximum atomic E-state index is 12.2. The SMILES string of the molecule is CCN(CC)CCOC(=O)c1ccc(N/C=C(/C#N)c2nc(-c3ccc(C)cc3)cs2)cc1. The van der Waals surface area contributed by atoms with Crippen LogP contribution in [0.4, 0.5) is 5.69 Å². The number of thiazole rings is 1. The molecule has 7 heteroatoms. The Morgan fingerprint density at radius 1 is 1.15 bits per heavy atom. The molecule has 1 N–H and O–H groups in total. The molecular formula is C26H28N4O2S. The van der Waals surface area contributed by atoms with Crippen LogP contribution in [0.25, 0.3) is 16.8 Å². The van der Waals surface area contributed by atoms with Gasteiger partial charge < -0.3 is 15.0 Å². The van der Waals surface area contributed by atoms with Gasteiger partial charge in [0.15, 0.2) is 0 Å². The first-order valence-electron chi connectivity index (χ1n) is 10.9. The van der Waals surface area contributed by atoms with Crippen molar-refractivity contribution in [2.75, 3.05) is 31.6 Å². The summed E-state index contributed by atoms with van der Waals surface area (Å²) in [6.07, 6.45) is 1.63. The van der Waals surface area contributed by atoms with Crippen molar-refractivity contribution in [1.82, 2.24) is 9.88 Å². The number of esters is 1. The maximum Gasteiger partial charge on any atom is 0.338 e. The number of hydrogen-bond acceptors (Lipinski definition) is 7. The Morgan fingerprint density at radius 2 is 1.85 bits per heavy atom. The van der Waals surface area contributed by atoms with Crippen LogP contribution < -0.4 is 5.32 Å². The Labute approximate surface area is 199 Å². The van der Waals surface area contributed by atoms with Crippen molar-refractivity contribution in [3.8, 4) is 17.3 Å². The number of allylic oxidation sites excluding steroid dienone is 1. The highest BCUT2D eigenvalue weighted by molar-refractivity contribution is 7.11. The predicted molar refractivity (Wildman–Crippen MR) is 134 cm³/mol. The van der Waals surface area contributed by atoms with Crippen molar-refractivity contribution in [3.63, 3.8) is 0 Å². The van der Waals surface area contributed by atoms with Crippen molar-refractivity contribution < 1.29 is 9.53 Å². The third-order valence-corrected chi connectivity index (χ3v) is 6.12. The number of anilines is 1. The van der Waals surface area contributed by atoms with Gasteiger partial charge in [0, 0.05) is 29.4 Å². The molecule has 0 unspecified atom stereocenters. The highest BCUT2D eigenvalue weighted by Crippen LogP contribution is 2.26. The van der Waals surface area contributed by atoms with Crippen LogP contribution >= 0.6 is 11.3 Å². The molecule has 0 aliphatic rings. The zero-order chi connectivity index (χ0) is 23.6. The van der Waals surface area contributed by atoms with Gasteiger partial charge in [0.1, 0.15) is 23.3 Å². The van der Waals surface area contributed by atoms with Gasteiger partial charge in [-0.1, -0.05) is 43.7 Å². The second-order valence-electron chi connectivity index (χ2n) is 7.46. The minimum absolute atomic E-state index is 0.339. The van der Waals surface area contributed by atoms with E-state index in [-0.39, 0.29) is 5.97 Å². The molecule has 170 valence electrons. The second-order valence-corrected chi connectivity index (χ2v) is 8.32. The van der Waals surface area contributed by atoms with Gasteiger partial charge in [-0.15, -0.1) is 11.3 Å². The molecule has 3 rings (SSSR count). The number of nitriles is 1. The molecule has 0 aliphatic carbocycles. The lowest BCUT2D eigenvalue weighted by Gasteiger charge is -2.17. The van der Waals surface area contributed by atoms with Crippen LogP contribution in [-0.2, 0) is 4.74 Å². The molecule has 0 atom stereocenters. The minimum atomic E-state index is -0.339. The fourth-order valence-electron chi connectivity index (χ4n) is 3.14. The minimum Gasteiger partial charge on any atom is -0.461 e. The Bertz CT molecular complexity index is 1120. The Kier molecular flexibility index (Phi) is 8.76. The van der Waals surface area contributed by atoms with Gasteiger partial charge in [-0.2, -0.15) is 5.26 Å². The number of ether oxygens (including phenoxy) is 1. The Morgan fingerprint density at radius 3 is 2.48 bits per heavy atom. The first-order chi connectivity index (χ1) is 16.0. The van der Waals surface area contributed by atoms with Gasteiger partial charge in [-0.25, -0.2) is 9.78 Å². The van der Waals surface area contributed by atoms with E-state index in [2.05, 4.69) is 35.1 Å². The van der Waals surface area contributed by atoms with E-state index in [1.165, 1.54) is 16.9 Å². The third kappa shape index (κ3) is 6.75. The summed E-state index contributed by atoms with van der Waals surface area (Å²) in [5, 5.41) is 15.3. The van der Waals surface area contributed by atoms with Gasteiger partial charge in [0.05, 0.1) is 11.3 Å². The molecule has 0 amide bonds. The van der Waals surface area contributed by atoms with Crippen LogP contribution in [0.2, 0.25) is 0 Å². The van der Waals surface area contributed by atoms with Crippen LogP contribution in [0.15, 0.2) is 60.1 Å². The number of carbonyl (C=O) groups is 1. The number of benzene rings is 2. The molecule has 0 bridgehead atoms. The largest absolute Gasteiger partial charge is 0.461 e. The predicted octanol–water partition coefficient (Wildman–Crippen LogP) is 5.59. The average Bonchev–Trinajstić information content (AvgIpc) is 3.33. The second kappa shape index (κ2) is 12.0. The molecule has 6 nitrogen and oxygen atoms in total. The average molecular weight is 461 g/mol. The molecule has 0 saturated heterocycles. The molecular weight excluding hydrogens is 432 g/mol. The van der Waals surface area contributed by atoms with Crippen molar-refractivity contribution in [3.05, 3.63) is 76.2 Å². The van der Waals surface area contributed by atoms with Gasteiger partial charge in [0.25, 0.3) is 0 Å². The first kappa shape index (κ1) is 24.2. The summed E-state index contributed by atoms with van der Waals surface area (Å²) >= 11 is 1.43. The van der Waals surface area contributed by atoms with Gasteiger partial charge in [0.2, 0.25) is 0 Å². The monoisotopic (exact) mass is 460 g/mol. The number of hydrogen-bond donors (Lipinski definition) is 1. The summed E-state index contributed by atoms with van der Waals surface area (Å²) in [7, 11) is 0. The molecule has 0 aliphatic heterocycles. The van der Waals surface area contributed by atoms with E-state index in [1.54, 1.807) is 30.5 Å². The molecule has 0 radical (unpaired) electrons.